The molecular formula is C26H37NO4S. The average Bonchev–Trinajstić information content (AvgIpc) is 2.66. The molecule has 0 spiro atoms. The number of para-hydroxylation sites is 2. The van der Waals surface area contributed by atoms with Gasteiger partial charge >= 0.3 is 5.97 Å². The molecule has 2 rings (SSSR count). The van der Waals surface area contributed by atoms with Crippen LogP contribution in [0.25, 0.3) is 0 Å². The number of ether oxygens (including phenoxy) is 1. The Hall–Kier alpha value is -2.34. The molecule has 0 saturated carbocycles. The van der Waals surface area contributed by atoms with Crippen LogP contribution in [0.3, 0.4) is 0 Å². The minimum absolute atomic E-state index is 0.130. The topological polar surface area (TPSA) is 72.5 Å². The molecule has 176 valence electrons. The van der Waals surface area contributed by atoms with Gasteiger partial charge in [-0.1, -0.05) is 91.8 Å². The molecule has 0 heterocycles. The van der Waals surface area contributed by atoms with Crippen LogP contribution in [0.5, 0.6) is 5.75 Å². The van der Waals surface area contributed by atoms with E-state index in [0.717, 1.165) is 22.3 Å². The lowest BCUT2D eigenvalue weighted by atomic mass is 9.93. The smallest absolute Gasteiger partial charge is 0.328 e. The van der Waals surface area contributed by atoms with Crippen LogP contribution in [0.2, 0.25) is 0 Å². The van der Waals surface area contributed by atoms with Gasteiger partial charge in [0, 0.05) is 0 Å². The van der Waals surface area contributed by atoms with E-state index in [9.17, 15) is 13.2 Å². The number of carbonyl (C=O) groups is 1. The molecule has 2 aromatic rings. The van der Waals surface area contributed by atoms with Crippen molar-refractivity contribution in [3.8, 4) is 5.75 Å². The van der Waals surface area contributed by atoms with Crippen molar-refractivity contribution in [1.82, 2.24) is 0 Å². The fourth-order valence-electron chi connectivity index (χ4n) is 3.76. The summed E-state index contributed by atoms with van der Waals surface area (Å²) >= 11 is 0. The monoisotopic (exact) mass is 459 g/mol. The predicted octanol–water partition coefficient (Wildman–Crippen LogP) is 6.53. The van der Waals surface area contributed by atoms with Crippen LogP contribution in [-0.2, 0) is 14.8 Å². The molecule has 32 heavy (non-hydrogen) atoms. The summed E-state index contributed by atoms with van der Waals surface area (Å²) in [5, 5.41) is 0. The van der Waals surface area contributed by atoms with Crippen LogP contribution in [0.4, 0.5) is 5.69 Å². The second-order valence-corrected chi connectivity index (χ2v) is 11.3. The molecule has 1 N–H and O–H groups in total. The molecule has 0 bridgehead atoms. The van der Waals surface area contributed by atoms with E-state index < -0.39 is 21.7 Å². The minimum Gasteiger partial charge on any atom is -0.425 e. The van der Waals surface area contributed by atoms with E-state index in [1.165, 1.54) is 0 Å². The summed E-state index contributed by atoms with van der Waals surface area (Å²) in [6, 6.07) is 11.5. The molecular weight excluding hydrogens is 422 g/mol. The van der Waals surface area contributed by atoms with Gasteiger partial charge in [-0.2, -0.15) is 0 Å². The van der Waals surface area contributed by atoms with Gasteiger partial charge < -0.3 is 4.74 Å². The van der Waals surface area contributed by atoms with Crippen molar-refractivity contribution in [1.29, 1.82) is 0 Å². The Morgan fingerprint density at radius 2 is 1.12 bits per heavy atom. The van der Waals surface area contributed by atoms with Gasteiger partial charge in [0.05, 0.1) is 5.69 Å². The lowest BCUT2D eigenvalue weighted by molar-refractivity contribution is -0.131. The number of nitrogens with one attached hydrogen (secondary N) is 1. The van der Waals surface area contributed by atoms with E-state index in [0.29, 0.717) is 11.4 Å². The standard InChI is InChI=1S/C26H37NO4S/c1-16(2)20-11-9-12-21(17(3)4)25(20)27-32(29,30)15-24(28)31-26-22(18(5)6)13-10-14-23(26)19(7)8/h9-14,16-19,27H,15H2,1-8H3. The van der Waals surface area contributed by atoms with E-state index in [1.807, 2.05) is 91.8 Å². The van der Waals surface area contributed by atoms with Gasteiger partial charge in [0.25, 0.3) is 0 Å². The fraction of sp³-hybridized carbons (Fsp3) is 0.500. The van der Waals surface area contributed by atoms with Gasteiger partial charge in [-0.15, -0.1) is 0 Å². The first-order chi connectivity index (χ1) is 14.8. The Morgan fingerprint density at radius 3 is 1.50 bits per heavy atom. The number of hydrogen-bond donors (Lipinski definition) is 1. The Bertz CT molecular complexity index is 1000. The van der Waals surface area contributed by atoms with Gasteiger partial charge in [0.2, 0.25) is 10.0 Å². The van der Waals surface area contributed by atoms with Crippen molar-refractivity contribution in [3.63, 3.8) is 0 Å². The minimum atomic E-state index is -3.96. The molecule has 0 amide bonds. The largest absolute Gasteiger partial charge is 0.425 e. The fourth-order valence-corrected chi connectivity index (χ4v) is 4.75. The number of anilines is 1. The average molecular weight is 460 g/mol. The van der Waals surface area contributed by atoms with Crippen LogP contribution in [0.15, 0.2) is 36.4 Å². The quantitative estimate of drug-likeness (QED) is 0.342. The second-order valence-electron chi connectivity index (χ2n) is 9.53. The third-order valence-corrected chi connectivity index (χ3v) is 6.61. The van der Waals surface area contributed by atoms with Gasteiger partial charge in [-0.05, 0) is 45.9 Å². The predicted molar refractivity (Wildman–Crippen MR) is 132 cm³/mol. The third kappa shape index (κ3) is 6.35. The van der Waals surface area contributed by atoms with Crippen molar-refractivity contribution in [2.45, 2.75) is 79.1 Å². The Kier molecular flexibility index (Phi) is 8.52. The molecule has 5 nitrogen and oxygen atoms in total. The van der Waals surface area contributed by atoms with Crippen molar-refractivity contribution < 1.29 is 17.9 Å². The van der Waals surface area contributed by atoms with Gasteiger partial charge in [0.1, 0.15) is 5.75 Å². The number of esters is 1. The lowest BCUT2D eigenvalue weighted by Gasteiger charge is -2.21. The van der Waals surface area contributed by atoms with Crippen LogP contribution in [0, 0.1) is 0 Å². The van der Waals surface area contributed by atoms with Crippen LogP contribution in [0.1, 0.15) is 101 Å². The summed E-state index contributed by atoms with van der Waals surface area (Å²) < 4.78 is 34.3. The molecule has 0 fully saturated rings. The zero-order chi connectivity index (χ0) is 24.2. The van der Waals surface area contributed by atoms with E-state index in [4.69, 9.17) is 4.74 Å². The first kappa shape index (κ1) is 25.9. The molecule has 0 aliphatic heterocycles. The van der Waals surface area contributed by atoms with E-state index in [1.54, 1.807) is 0 Å². The molecule has 0 unspecified atom stereocenters. The van der Waals surface area contributed by atoms with Crippen molar-refractivity contribution in [2.24, 2.45) is 0 Å². The zero-order valence-corrected chi connectivity index (χ0v) is 21.3. The molecule has 2 aromatic carbocycles. The highest BCUT2D eigenvalue weighted by Gasteiger charge is 2.25. The highest BCUT2D eigenvalue weighted by atomic mass is 32.2. The first-order valence-electron chi connectivity index (χ1n) is 11.3. The third-order valence-electron chi connectivity index (χ3n) is 5.47. The van der Waals surface area contributed by atoms with Crippen molar-refractivity contribution >= 4 is 21.7 Å². The summed E-state index contributed by atoms with van der Waals surface area (Å²) in [4.78, 5) is 12.8. The maximum absolute atomic E-state index is 13.0. The highest BCUT2D eigenvalue weighted by Crippen LogP contribution is 2.35. The van der Waals surface area contributed by atoms with E-state index in [2.05, 4.69) is 4.72 Å². The van der Waals surface area contributed by atoms with Crippen LogP contribution >= 0.6 is 0 Å². The number of benzene rings is 2. The van der Waals surface area contributed by atoms with Crippen molar-refractivity contribution in [3.05, 3.63) is 58.7 Å². The summed E-state index contributed by atoms with van der Waals surface area (Å²) in [5.74, 6) is -0.532. The number of sulfonamides is 1. The van der Waals surface area contributed by atoms with Gasteiger partial charge in [-0.25, -0.2) is 8.42 Å². The second kappa shape index (κ2) is 10.5. The summed E-state index contributed by atoms with van der Waals surface area (Å²) in [5.41, 5.74) is 4.15. The molecule has 0 atom stereocenters. The summed E-state index contributed by atoms with van der Waals surface area (Å²) in [6.07, 6.45) is 0. The number of rotatable bonds is 9. The van der Waals surface area contributed by atoms with E-state index >= 15 is 0 Å². The molecule has 0 aromatic heterocycles. The number of hydrogen-bond acceptors (Lipinski definition) is 4. The maximum atomic E-state index is 13.0. The molecule has 0 radical (unpaired) electrons. The maximum Gasteiger partial charge on any atom is 0.328 e. The van der Waals surface area contributed by atoms with E-state index in [-0.39, 0.29) is 23.7 Å². The molecule has 0 aliphatic carbocycles. The molecule has 0 saturated heterocycles. The summed E-state index contributed by atoms with van der Waals surface area (Å²) in [6.45, 7) is 16.1. The van der Waals surface area contributed by atoms with Crippen LogP contribution in [-0.4, -0.2) is 20.1 Å². The molecule has 6 heteroatoms. The van der Waals surface area contributed by atoms with Crippen LogP contribution < -0.4 is 9.46 Å². The normalized spacial score (nSPS) is 12.1. The van der Waals surface area contributed by atoms with Crippen molar-refractivity contribution in [2.75, 3.05) is 10.5 Å². The number of carbonyl (C=O) groups excluding carboxylic acids is 1. The molecule has 0 aliphatic rings. The first-order valence-corrected chi connectivity index (χ1v) is 13.0. The highest BCUT2D eigenvalue weighted by molar-refractivity contribution is 7.93. The lowest BCUT2D eigenvalue weighted by Crippen LogP contribution is -2.27. The zero-order valence-electron chi connectivity index (χ0n) is 20.5. The Balaban J connectivity index is 2.33. The SMILES string of the molecule is CC(C)c1cccc(C(C)C)c1NS(=O)(=O)CC(=O)Oc1c(C(C)C)cccc1C(C)C. The Morgan fingerprint density at radius 1 is 0.750 bits per heavy atom. The van der Waals surface area contributed by atoms with Gasteiger partial charge in [-0.3, -0.25) is 9.52 Å². The van der Waals surface area contributed by atoms with Gasteiger partial charge in [0.15, 0.2) is 5.75 Å². The summed E-state index contributed by atoms with van der Waals surface area (Å²) in [7, 11) is -3.96. The Labute approximate surface area is 193 Å².